The fourth-order valence-corrected chi connectivity index (χ4v) is 3.73. The molecule has 12 nitrogen and oxygen atoms in total. The molecule has 5 rings (SSSR count). The predicted molar refractivity (Wildman–Crippen MR) is 109 cm³/mol. The van der Waals surface area contributed by atoms with E-state index >= 15 is 0 Å². The molecule has 3 N–H and O–H groups in total. The number of hydrogen-bond acceptors (Lipinski definition) is 11. The number of nitrogens with two attached hydrogens (primary N) is 1. The maximum Gasteiger partial charge on any atom is 0.294 e. The summed E-state index contributed by atoms with van der Waals surface area (Å²) >= 11 is 1.51. The van der Waals surface area contributed by atoms with Gasteiger partial charge in [0.15, 0.2) is 17.2 Å². The van der Waals surface area contributed by atoms with Crippen molar-refractivity contribution in [3.05, 3.63) is 45.8 Å². The highest BCUT2D eigenvalue weighted by molar-refractivity contribution is 7.11. The monoisotopic (exact) mass is 438 g/mol. The average Bonchev–Trinajstić information content (AvgIpc) is 3.54. The van der Waals surface area contributed by atoms with Crippen LogP contribution in [0.4, 0.5) is 5.82 Å². The SMILES string of the molecule is Cc1ccsc1/C=N/NC(=O)c1nnn(-c2nonc2N)c1-c1ccc2c(c1)OCO2. The molecule has 1 aromatic carbocycles. The van der Waals surface area contributed by atoms with Gasteiger partial charge < -0.3 is 15.2 Å². The van der Waals surface area contributed by atoms with Crippen LogP contribution in [0.5, 0.6) is 11.5 Å². The molecule has 31 heavy (non-hydrogen) atoms. The number of aromatic nitrogens is 5. The van der Waals surface area contributed by atoms with E-state index in [0.717, 1.165) is 10.4 Å². The number of hydrazone groups is 1. The van der Waals surface area contributed by atoms with Crippen molar-refractivity contribution in [1.82, 2.24) is 30.7 Å². The molecule has 0 saturated carbocycles. The number of ether oxygens (including phenoxy) is 2. The van der Waals surface area contributed by atoms with E-state index in [1.807, 2.05) is 18.4 Å². The van der Waals surface area contributed by atoms with E-state index in [4.69, 9.17) is 15.2 Å². The first-order chi connectivity index (χ1) is 15.1. The minimum atomic E-state index is -0.570. The van der Waals surface area contributed by atoms with E-state index in [1.165, 1.54) is 16.0 Å². The molecule has 0 fully saturated rings. The Bertz CT molecular complexity index is 1310. The Morgan fingerprint density at radius 2 is 2.16 bits per heavy atom. The Balaban J connectivity index is 1.54. The van der Waals surface area contributed by atoms with Crippen LogP contribution in [0.1, 0.15) is 20.9 Å². The van der Waals surface area contributed by atoms with Crippen LogP contribution >= 0.6 is 11.3 Å². The first-order valence-electron chi connectivity index (χ1n) is 8.93. The van der Waals surface area contributed by atoms with Gasteiger partial charge in [-0.2, -0.15) is 9.78 Å². The maximum absolute atomic E-state index is 12.9. The van der Waals surface area contributed by atoms with E-state index in [-0.39, 0.29) is 24.1 Å². The smallest absolute Gasteiger partial charge is 0.294 e. The van der Waals surface area contributed by atoms with Crippen molar-refractivity contribution in [3.8, 4) is 28.6 Å². The molecule has 0 aliphatic carbocycles. The van der Waals surface area contributed by atoms with Crippen molar-refractivity contribution < 1.29 is 18.9 Å². The van der Waals surface area contributed by atoms with Crippen LogP contribution in [0.2, 0.25) is 0 Å². The number of hydrogen-bond donors (Lipinski definition) is 2. The number of nitrogens with one attached hydrogen (secondary N) is 1. The fraction of sp³-hybridized carbons (Fsp3) is 0.111. The lowest BCUT2D eigenvalue weighted by atomic mass is 10.1. The van der Waals surface area contributed by atoms with Crippen LogP contribution in [-0.4, -0.2) is 44.2 Å². The van der Waals surface area contributed by atoms with E-state index in [0.29, 0.717) is 22.8 Å². The fourth-order valence-electron chi connectivity index (χ4n) is 2.94. The number of aryl methyl sites for hydroxylation is 1. The van der Waals surface area contributed by atoms with Gasteiger partial charge in [0.05, 0.1) is 6.21 Å². The second-order valence-corrected chi connectivity index (χ2v) is 7.35. The second-order valence-electron chi connectivity index (χ2n) is 6.41. The average molecular weight is 438 g/mol. The summed E-state index contributed by atoms with van der Waals surface area (Å²) in [7, 11) is 0. The summed E-state index contributed by atoms with van der Waals surface area (Å²) in [5, 5.41) is 21.3. The summed E-state index contributed by atoms with van der Waals surface area (Å²) in [6.07, 6.45) is 1.57. The van der Waals surface area contributed by atoms with Crippen molar-refractivity contribution >= 4 is 29.3 Å². The van der Waals surface area contributed by atoms with E-state index in [1.54, 1.807) is 24.4 Å². The molecule has 0 unspecified atom stereocenters. The number of nitrogen functional groups attached to an aromatic ring is 1. The summed E-state index contributed by atoms with van der Waals surface area (Å²) in [4.78, 5) is 13.8. The zero-order valence-electron chi connectivity index (χ0n) is 16.0. The molecule has 0 radical (unpaired) electrons. The summed E-state index contributed by atoms with van der Waals surface area (Å²) in [6, 6.07) is 7.13. The number of anilines is 1. The molecule has 0 bridgehead atoms. The molecule has 4 aromatic rings. The molecule has 13 heteroatoms. The lowest BCUT2D eigenvalue weighted by molar-refractivity contribution is 0.0950. The molecule has 1 aliphatic rings. The van der Waals surface area contributed by atoms with E-state index in [2.05, 4.69) is 35.8 Å². The van der Waals surface area contributed by atoms with Gasteiger partial charge in [-0.1, -0.05) is 5.21 Å². The van der Waals surface area contributed by atoms with Gasteiger partial charge in [-0.15, -0.1) is 16.4 Å². The summed E-state index contributed by atoms with van der Waals surface area (Å²) in [5.41, 5.74) is 10.2. The van der Waals surface area contributed by atoms with Gasteiger partial charge in [0.1, 0.15) is 5.69 Å². The first-order valence-corrected chi connectivity index (χ1v) is 9.81. The summed E-state index contributed by atoms with van der Waals surface area (Å²) < 4.78 is 16.7. The number of thiophene rings is 1. The van der Waals surface area contributed by atoms with E-state index < -0.39 is 5.91 Å². The van der Waals surface area contributed by atoms with Gasteiger partial charge in [-0.3, -0.25) is 4.79 Å². The topological polar surface area (TPSA) is 156 Å². The predicted octanol–water partition coefficient (Wildman–Crippen LogP) is 1.76. The number of nitrogens with zero attached hydrogens (tertiary/aromatic N) is 6. The largest absolute Gasteiger partial charge is 0.454 e. The Kier molecular flexibility index (Phi) is 4.55. The third kappa shape index (κ3) is 3.36. The highest BCUT2D eigenvalue weighted by Gasteiger charge is 2.26. The minimum Gasteiger partial charge on any atom is -0.454 e. The maximum atomic E-state index is 12.9. The number of benzene rings is 1. The molecule has 0 spiro atoms. The minimum absolute atomic E-state index is 0.00122. The molecule has 1 aliphatic heterocycles. The lowest BCUT2D eigenvalue weighted by Gasteiger charge is -2.07. The standard InChI is InChI=1S/C18H14N8O4S/c1-9-4-5-31-13(9)7-20-22-18(27)14-15(10-2-3-11-12(6-10)29-8-28-11)26(25-21-14)17-16(19)23-30-24-17/h2-7H,8H2,1H3,(H2,19,23)(H,22,27)/b20-7+. The zero-order valence-corrected chi connectivity index (χ0v) is 16.8. The lowest BCUT2D eigenvalue weighted by Crippen LogP contribution is -2.19. The Morgan fingerprint density at radius 1 is 1.29 bits per heavy atom. The number of carbonyl (C=O) groups is 1. The van der Waals surface area contributed by atoms with Crippen LogP contribution in [0.15, 0.2) is 39.4 Å². The normalized spacial score (nSPS) is 12.5. The van der Waals surface area contributed by atoms with Gasteiger partial charge in [0.25, 0.3) is 5.91 Å². The first kappa shape index (κ1) is 18.7. The number of rotatable bonds is 5. The molecular weight excluding hydrogens is 424 g/mol. The van der Waals surface area contributed by atoms with Crippen molar-refractivity contribution in [2.45, 2.75) is 6.92 Å². The molecule has 1 amide bonds. The quantitative estimate of drug-likeness (QED) is 0.350. The van der Waals surface area contributed by atoms with Crippen LogP contribution in [-0.2, 0) is 0 Å². The number of amides is 1. The number of fused-ring (bicyclic) bond motifs is 1. The van der Waals surface area contributed by atoms with Gasteiger partial charge in [0, 0.05) is 10.4 Å². The van der Waals surface area contributed by atoms with Crippen molar-refractivity contribution in [2.75, 3.05) is 12.5 Å². The highest BCUT2D eigenvalue weighted by Crippen LogP contribution is 2.37. The molecule has 0 saturated heterocycles. The van der Waals surface area contributed by atoms with Crippen LogP contribution in [0.3, 0.4) is 0 Å². The van der Waals surface area contributed by atoms with Crippen LogP contribution in [0.25, 0.3) is 17.1 Å². The van der Waals surface area contributed by atoms with Gasteiger partial charge in [-0.05, 0) is 52.4 Å². The molecular formula is C18H14N8O4S. The highest BCUT2D eigenvalue weighted by atomic mass is 32.1. The Labute approximate surface area is 178 Å². The third-order valence-electron chi connectivity index (χ3n) is 4.48. The Hall–Kier alpha value is -4.26. The van der Waals surface area contributed by atoms with Crippen LogP contribution in [0, 0.1) is 6.92 Å². The summed E-state index contributed by atoms with van der Waals surface area (Å²) in [5.74, 6) is 0.628. The van der Waals surface area contributed by atoms with Crippen molar-refractivity contribution in [2.24, 2.45) is 5.10 Å². The van der Waals surface area contributed by atoms with Crippen molar-refractivity contribution in [3.63, 3.8) is 0 Å². The summed E-state index contributed by atoms with van der Waals surface area (Å²) in [6.45, 7) is 2.07. The zero-order chi connectivity index (χ0) is 21.4. The third-order valence-corrected chi connectivity index (χ3v) is 5.43. The second kappa shape index (κ2) is 7.53. The van der Waals surface area contributed by atoms with Gasteiger partial charge in [0.2, 0.25) is 18.4 Å². The van der Waals surface area contributed by atoms with Crippen LogP contribution < -0.4 is 20.6 Å². The molecule has 3 aromatic heterocycles. The van der Waals surface area contributed by atoms with E-state index in [9.17, 15) is 4.79 Å². The molecule has 0 atom stereocenters. The Morgan fingerprint density at radius 3 is 2.94 bits per heavy atom. The molecule has 156 valence electrons. The van der Waals surface area contributed by atoms with Gasteiger partial charge >= 0.3 is 0 Å². The number of carbonyl (C=O) groups excluding carboxylic acids is 1. The van der Waals surface area contributed by atoms with Gasteiger partial charge in [-0.25, -0.2) is 10.1 Å². The van der Waals surface area contributed by atoms with Crippen molar-refractivity contribution in [1.29, 1.82) is 0 Å². The molecule has 4 heterocycles.